The van der Waals surface area contributed by atoms with Crippen molar-refractivity contribution >= 4 is 27.4 Å². The normalized spacial score (nSPS) is 24.9. The van der Waals surface area contributed by atoms with Gasteiger partial charge in [-0.1, -0.05) is 6.42 Å². The first kappa shape index (κ1) is 12.8. The van der Waals surface area contributed by atoms with E-state index in [2.05, 4.69) is 28.7 Å². The van der Waals surface area contributed by atoms with Crippen LogP contribution in [0.15, 0.2) is 11.4 Å². The quantitative estimate of drug-likeness (QED) is 0.916. The van der Waals surface area contributed by atoms with E-state index in [1.165, 1.54) is 19.3 Å². The van der Waals surface area contributed by atoms with Gasteiger partial charge in [-0.2, -0.15) is 0 Å². The zero-order chi connectivity index (χ0) is 13.4. The molecule has 5 heteroatoms. The Bertz CT molecular complexity index is 570. The molecular weight excluding hydrogens is 256 g/mol. The van der Waals surface area contributed by atoms with Gasteiger partial charge in [-0.05, 0) is 38.1 Å². The van der Waals surface area contributed by atoms with E-state index in [-0.39, 0.29) is 0 Å². The standard InChI is InChI=1S/C14H20N4S/c1-9-4-3-5-10(2)18(9)8-12-16-13(15)11-6-7-19-14(11)17-12/h6-7,9-10H,3-5,8H2,1-2H3,(H2,15,16,17). The van der Waals surface area contributed by atoms with Crippen LogP contribution in [-0.4, -0.2) is 27.0 Å². The van der Waals surface area contributed by atoms with Crippen LogP contribution in [-0.2, 0) is 6.54 Å². The van der Waals surface area contributed by atoms with Gasteiger partial charge >= 0.3 is 0 Å². The molecule has 2 N–H and O–H groups in total. The minimum absolute atomic E-state index is 0.604. The summed E-state index contributed by atoms with van der Waals surface area (Å²) in [5.74, 6) is 1.46. The number of aromatic nitrogens is 2. The summed E-state index contributed by atoms with van der Waals surface area (Å²) in [6.07, 6.45) is 3.86. The molecule has 0 saturated carbocycles. The molecule has 1 fully saturated rings. The van der Waals surface area contributed by atoms with Crippen LogP contribution in [0.3, 0.4) is 0 Å². The smallest absolute Gasteiger partial charge is 0.146 e. The van der Waals surface area contributed by atoms with Crippen LogP contribution in [0, 0.1) is 0 Å². The highest BCUT2D eigenvalue weighted by molar-refractivity contribution is 7.16. The van der Waals surface area contributed by atoms with Gasteiger partial charge in [0.1, 0.15) is 16.5 Å². The van der Waals surface area contributed by atoms with Crippen molar-refractivity contribution in [1.82, 2.24) is 14.9 Å². The highest BCUT2D eigenvalue weighted by Crippen LogP contribution is 2.26. The average molecular weight is 276 g/mol. The lowest BCUT2D eigenvalue weighted by molar-refractivity contribution is 0.0924. The first-order chi connectivity index (χ1) is 9.15. The molecule has 0 bridgehead atoms. The van der Waals surface area contributed by atoms with Crippen LogP contribution in [0.2, 0.25) is 0 Å². The molecule has 3 rings (SSSR count). The molecule has 1 saturated heterocycles. The summed E-state index contributed by atoms with van der Waals surface area (Å²) in [5.41, 5.74) is 6.01. The number of nitrogen functional groups attached to an aromatic ring is 1. The maximum absolute atomic E-state index is 6.01. The number of fused-ring (bicyclic) bond motifs is 1. The second-order valence-corrected chi connectivity index (χ2v) is 6.36. The number of piperidine rings is 1. The lowest BCUT2D eigenvalue weighted by Crippen LogP contribution is -2.43. The molecular formula is C14H20N4S. The van der Waals surface area contributed by atoms with Crippen LogP contribution >= 0.6 is 11.3 Å². The Balaban J connectivity index is 1.87. The van der Waals surface area contributed by atoms with E-state index in [1.807, 2.05) is 11.4 Å². The van der Waals surface area contributed by atoms with Gasteiger partial charge in [0.15, 0.2) is 0 Å². The summed E-state index contributed by atoms with van der Waals surface area (Å²) in [4.78, 5) is 12.6. The van der Waals surface area contributed by atoms with Crippen molar-refractivity contribution in [3.05, 3.63) is 17.3 Å². The molecule has 0 amide bonds. The molecule has 19 heavy (non-hydrogen) atoms. The fourth-order valence-corrected chi connectivity index (χ4v) is 3.74. The zero-order valence-corrected chi connectivity index (χ0v) is 12.3. The van der Waals surface area contributed by atoms with Gasteiger partial charge in [0.2, 0.25) is 0 Å². The van der Waals surface area contributed by atoms with Gasteiger partial charge < -0.3 is 5.73 Å². The second kappa shape index (κ2) is 5.06. The number of hydrogen-bond acceptors (Lipinski definition) is 5. The Hall–Kier alpha value is -1.20. The van der Waals surface area contributed by atoms with E-state index in [0.717, 1.165) is 22.6 Å². The number of thiophene rings is 1. The van der Waals surface area contributed by atoms with Crippen molar-refractivity contribution < 1.29 is 0 Å². The Morgan fingerprint density at radius 2 is 2.05 bits per heavy atom. The second-order valence-electron chi connectivity index (χ2n) is 5.47. The van der Waals surface area contributed by atoms with Crippen LogP contribution < -0.4 is 5.73 Å². The number of nitrogens with two attached hydrogens (primary N) is 1. The predicted molar refractivity (Wildman–Crippen MR) is 80.1 cm³/mol. The van der Waals surface area contributed by atoms with Crippen molar-refractivity contribution in [2.24, 2.45) is 0 Å². The molecule has 2 atom stereocenters. The minimum Gasteiger partial charge on any atom is -0.383 e. The number of rotatable bonds is 2. The van der Waals surface area contributed by atoms with Gasteiger partial charge in [-0.25, -0.2) is 9.97 Å². The average Bonchev–Trinajstić information content (AvgIpc) is 2.83. The molecule has 1 aliphatic rings. The Labute approximate surface area is 117 Å². The summed E-state index contributed by atoms with van der Waals surface area (Å²) in [6.45, 7) is 5.39. The highest BCUT2D eigenvalue weighted by atomic mass is 32.1. The van der Waals surface area contributed by atoms with E-state index >= 15 is 0 Å². The molecule has 102 valence electrons. The number of nitrogens with zero attached hydrogens (tertiary/aromatic N) is 3. The topological polar surface area (TPSA) is 55.0 Å². The predicted octanol–water partition coefficient (Wildman–Crippen LogP) is 3.04. The summed E-state index contributed by atoms with van der Waals surface area (Å²) in [6, 6.07) is 3.20. The molecule has 2 aromatic heterocycles. The Kier molecular flexibility index (Phi) is 3.41. The van der Waals surface area contributed by atoms with Crippen LogP contribution in [0.4, 0.5) is 5.82 Å². The van der Waals surface area contributed by atoms with Gasteiger partial charge in [-0.15, -0.1) is 11.3 Å². The summed E-state index contributed by atoms with van der Waals surface area (Å²) < 4.78 is 0. The van der Waals surface area contributed by atoms with Crippen LogP contribution in [0.25, 0.3) is 10.2 Å². The maximum Gasteiger partial charge on any atom is 0.146 e. The highest BCUT2D eigenvalue weighted by Gasteiger charge is 2.25. The first-order valence-electron chi connectivity index (χ1n) is 6.90. The van der Waals surface area contributed by atoms with E-state index in [1.54, 1.807) is 11.3 Å². The van der Waals surface area contributed by atoms with E-state index in [0.29, 0.717) is 17.9 Å². The molecule has 2 aromatic rings. The molecule has 4 nitrogen and oxygen atoms in total. The third kappa shape index (κ3) is 2.44. The van der Waals surface area contributed by atoms with Crippen molar-refractivity contribution in [2.75, 3.05) is 5.73 Å². The van der Waals surface area contributed by atoms with Crippen molar-refractivity contribution in [1.29, 1.82) is 0 Å². The van der Waals surface area contributed by atoms with Gasteiger partial charge in [0.25, 0.3) is 0 Å². The lowest BCUT2D eigenvalue weighted by atomic mass is 9.97. The summed E-state index contributed by atoms with van der Waals surface area (Å²) in [5, 5.41) is 3.00. The fraction of sp³-hybridized carbons (Fsp3) is 0.571. The third-order valence-electron chi connectivity index (χ3n) is 4.10. The SMILES string of the molecule is CC1CCCC(C)N1Cc1nc(N)c2ccsc2n1. The first-order valence-corrected chi connectivity index (χ1v) is 7.78. The molecule has 0 spiro atoms. The number of likely N-dealkylation sites (tertiary alicyclic amines) is 1. The lowest BCUT2D eigenvalue weighted by Gasteiger charge is -2.38. The van der Waals surface area contributed by atoms with Crippen molar-refractivity contribution in [2.45, 2.75) is 51.7 Å². The number of hydrogen-bond donors (Lipinski definition) is 1. The largest absolute Gasteiger partial charge is 0.383 e. The van der Waals surface area contributed by atoms with Crippen molar-refractivity contribution in [3.63, 3.8) is 0 Å². The van der Waals surface area contributed by atoms with Crippen LogP contribution in [0.5, 0.6) is 0 Å². The molecule has 0 aliphatic carbocycles. The van der Waals surface area contributed by atoms with Crippen LogP contribution in [0.1, 0.15) is 38.9 Å². The van der Waals surface area contributed by atoms with Gasteiger partial charge in [-0.3, -0.25) is 4.90 Å². The third-order valence-corrected chi connectivity index (χ3v) is 4.91. The Morgan fingerprint density at radius 1 is 1.32 bits per heavy atom. The molecule has 1 aliphatic heterocycles. The fourth-order valence-electron chi connectivity index (χ4n) is 2.94. The molecule has 0 aromatic carbocycles. The van der Waals surface area contributed by atoms with E-state index < -0.39 is 0 Å². The maximum atomic E-state index is 6.01. The summed E-state index contributed by atoms with van der Waals surface area (Å²) >= 11 is 1.63. The minimum atomic E-state index is 0.604. The molecule has 2 unspecified atom stereocenters. The van der Waals surface area contributed by atoms with Gasteiger partial charge in [0, 0.05) is 12.1 Å². The monoisotopic (exact) mass is 276 g/mol. The molecule has 0 radical (unpaired) electrons. The van der Waals surface area contributed by atoms with Crippen molar-refractivity contribution in [3.8, 4) is 0 Å². The van der Waals surface area contributed by atoms with Gasteiger partial charge in [0.05, 0.1) is 11.9 Å². The van der Waals surface area contributed by atoms with E-state index in [9.17, 15) is 0 Å². The number of anilines is 1. The Morgan fingerprint density at radius 3 is 2.79 bits per heavy atom. The zero-order valence-electron chi connectivity index (χ0n) is 11.5. The molecule has 3 heterocycles. The summed E-state index contributed by atoms with van der Waals surface area (Å²) in [7, 11) is 0. The van der Waals surface area contributed by atoms with E-state index in [4.69, 9.17) is 5.73 Å².